The molecule has 0 radical (unpaired) electrons. The third-order valence-electron chi connectivity index (χ3n) is 3.08. The molecule has 3 N–H and O–H groups in total. The van der Waals surface area contributed by atoms with Crippen LogP contribution in [-0.4, -0.2) is 23.5 Å². The maximum absolute atomic E-state index is 11.8. The summed E-state index contributed by atoms with van der Waals surface area (Å²) >= 11 is 0. The zero-order valence-corrected chi connectivity index (χ0v) is 9.98. The van der Waals surface area contributed by atoms with Crippen molar-refractivity contribution in [2.24, 2.45) is 5.92 Å². The van der Waals surface area contributed by atoms with E-state index in [-0.39, 0.29) is 23.5 Å². The summed E-state index contributed by atoms with van der Waals surface area (Å²) in [4.78, 5) is 22.8. The third kappa shape index (κ3) is 3.00. The number of amides is 2. The molecule has 0 aliphatic carbocycles. The molecule has 1 atom stereocenters. The van der Waals surface area contributed by atoms with Gasteiger partial charge in [0.2, 0.25) is 11.8 Å². The molecule has 1 heterocycles. The van der Waals surface area contributed by atoms with E-state index in [1.165, 1.54) is 0 Å². The van der Waals surface area contributed by atoms with Crippen LogP contribution in [0.25, 0.3) is 0 Å². The highest BCUT2D eigenvalue weighted by Crippen LogP contribution is 2.16. The Labute approximate surface area is 105 Å². The molecule has 0 spiro atoms. The molecule has 5 heteroatoms. The lowest BCUT2D eigenvalue weighted by atomic mass is 9.98. The molecule has 0 aromatic heterocycles. The minimum absolute atomic E-state index is 0.000228. The van der Waals surface area contributed by atoms with Crippen molar-refractivity contribution in [3.8, 4) is 5.75 Å². The first-order valence-corrected chi connectivity index (χ1v) is 5.98. The van der Waals surface area contributed by atoms with Gasteiger partial charge in [0.25, 0.3) is 0 Å². The van der Waals surface area contributed by atoms with Gasteiger partial charge in [-0.1, -0.05) is 18.2 Å². The second-order valence-electron chi connectivity index (χ2n) is 4.39. The third-order valence-corrected chi connectivity index (χ3v) is 3.08. The topological polar surface area (TPSA) is 78.4 Å². The Morgan fingerprint density at radius 1 is 1.44 bits per heavy atom. The van der Waals surface area contributed by atoms with E-state index < -0.39 is 0 Å². The van der Waals surface area contributed by atoms with E-state index in [4.69, 9.17) is 0 Å². The number of rotatable bonds is 3. The highest BCUT2D eigenvalue weighted by atomic mass is 16.3. The fourth-order valence-corrected chi connectivity index (χ4v) is 1.94. The van der Waals surface area contributed by atoms with E-state index in [0.717, 1.165) is 0 Å². The van der Waals surface area contributed by atoms with Gasteiger partial charge in [0, 0.05) is 25.1 Å². The summed E-state index contributed by atoms with van der Waals surface area (Å²) in [5, 5.41) is 15.0. The van der Waals surface area contributed by atoms with Crippen molar-refractivity contribution in [3.63, 3.8) is 0 Å². The number of hydrogen-bond donors (Lipinski definition) is 3. The van der Waals surface area contributed by atoms with Crippen LogP contribution in [0.3, 0.4) is 0 Å². The van der Waals surface area contributed by atoms with Crippen molar-refractivity contribution < 1.29 is 14.7 Å². The van der Waals surface area contributed by atoms with Crippen molar-refractivity contribution in [1.29, 1.82) is 0 Å². The molecule has 5 nitrogen and oxygen atoms in total. The largest absolute Gasteiger partial charge is 0.508 e. The molecule has 0 bridgehead atoms. The Morgan fingerprint density at radius 3 is 2.89 bits per heavy atom. The van der Waals surface area contributed by atoms with Gasteiger partial charge in [0.1, 0.15) is 5.75 Å². The second kappa shape index (κ2) is 5.53. The van der Waals surface area contributed by atoms with Crippen LogP contribution in [0, 0.1) is 5.92 Å². The Balaban J connectivity index is 1.85. The van der Waals surface area contributed by atoms with E-state index >= 15 is 0 Å². The molecule has 2 rings (SSSR count). The van der Waals surface area contributed by atoms with Gasteiger partial charge in [0.15, 0.2) is 0 Å². The quantitative estimate of drug-likeness (QED) is 0.730. The van der Waals surface area contributed by atoms with E-state index in [9.17, 15) is 14.7 Å². The lowest BCUT2D eigenvalue weighted by Crippen LogP contribution is -2.42. The SMILES string of the molecule is O=C1CCC(C(=O)NCc2ccccc2O)CN1. The molecule has 1 aromatic carbocycles. The lowest BCUT2D eigenvalue weighted by molar-refractivity contribution is -0.129. The average Bonchev–Trinajstić information content (AvgIpc) is 2.38. The summed E-state index contributed by atoms with van der Waals surface area (Å²) in [5.41, 5.74) is 0.686. The molecule has 1 aromatic rings. The fourth-order valence-electron chi connectivity index (χ4n) is 1.94. The minimum Gasteiger partial charge on any atom is -0.508 e. The Morgan fingerprint density at radius 2 is 2.22 bits per heavy atom. The van der Waals surface area contributed by atoms with Crippen LogP contribution in [0.15, 0.2) is 24.3 Å². The molecule has 1 saturated heterocycles. The number of phenols is 1. The van der Waals surface area contributed by atoms with Gasteiger partial charge in [-0.15, -0.1) is 0 Å². The lowest BCUT2D eigenvalue weighted by Gasteiger charge is -2.21. The van der Waals surface area contributed by atoms with E-state index in [1.807, 2.05) is 6.07 Å². The monoisotopic (exact) mass is 248 g/mol. The fraction of sp³-hybridized carbons (Fsp3) is 0.385. The van der Waals surface area contributed by atoms with Gasteiger partial charge in [0.05, 0.1) is 5.92 Å². The summed E-state index contributed by atoms with van der Waals surface area (Å²) < 4.78 is 0. The van der Waals surface area contributed by atoms with Crippen LogP contribution in [0.1, 0.15) is 18.4 Å². The minimum atomic E-state index is -0.173. The summed E-state index contributed by atoms with van der Waals surface area (Å²) in [6.07, 6.45) is 0.979. The number of carbonyl (C=O) groups is 2. The number of para-hydroxylation sites is 1. The molecule has 1 aliphatic rings. The smallest absolute Gasteiger partial charge is 0.225 e. The molecule has 18 heavy (non-hydrogen) atoms. The van der Waals surface area contributed by atoms with E-state index in [0.29, 0.717) is 31.5 Å². The van der Waals surface area contributed by atoms with Crippen molar-refractivity contribution in [2.75, 3.05) is 6.54 Å². The molecule has 0 saturated carbocycles. The van der Waals surface area contributed by atoms with Crippen LogP contribution in [0.4, 0.5) is 0 Å². The number of aromatic hydroxyl groups is 1. The van der Waals surface area contributed by atoms with Gasteiger partial charge < -0.3 is 15.7 Å². The van der Waals surface area contributed by atoms with Gasteiger partial charge in [-0.2, -0.15) is 0 Å². The summed E-state index contributed by atoms with van der Waals surface area (Å²) in [6, 6.07) is 6.89. The number of phenolic OH excluding ortho intramolecular Hbond substituents is 1. The Hall–Kier alpha value is -2.04. The van der Waals surface area contributed by atoms with Crippen LogP contribution in [-0.2, 0) is 16.1 Å². The maximum atomic E-state index is 11.8. The van der Waals surface area contributed by atoms with Crippen molar-refractivity contribution in [3.05, 3.63) is 29.8 Å². The van der Waals surface area contributed by atoms with Gasteiger partial charge in [-0.3, -0.25) is 9.59 Å². The highest BCUT2D eigenvalue weighted by molar-refractivity contribution is 5.83. The Bertz CT molecular complexity index is 449. The van der Waals surface area contributed by atoms with E-state index in [2.05, 4.69) is 10.6 Å². The predicted octanol–water partition coefficient (Wildman–Crippen LogP) is 0.535. The van der Waals surface area contributed by atoms with Gasteiger partial charge >= 0.3 is 0 Å². The average molecular weight is 248 g/mol. The van der Waals surface area contributed by atoms with Gasteiger partial charge in [-0.25, -0.2) is 0 Å². The number of hydrogen-bond acceptors (Lipinski definition) is 3. The summed E-state index contributed by atoms with van der Waals surface area (Å²) in [6.45, 7) is 0.696. The maximum Gasteiger partial charge on any atom is 0.225 e. The summed E-state index contributed by atoms with van der Waals surface area (Å²) in [5.74, 6) is -0.0821. The Kier molecular flexibility index (Phi) is 3.82. The highest BCUT2D eigenvalue weighted by Gasteiger charge is 2.24. The number of piperidine rings is 1. The molecular formula is C13H16N2O3. The van der Waals surface area contributed by atoms with Gasteiger partial charge in [-0.05, 0) is 12.5 Å². The molecule has 1 aliphatic heterocycles. The van der Waals surface area contributed by atoms with Crippen molar-refractivity contribution >= 4 is 11.8 Å². The van der Waals surface area contributed by atoms with Crippen LogP contribution >= 0.6 is 0 Å². The molecule has 1 unspecified atom stereocenters. The first-order valence-electron chi connectivity index (χ1n) is 5.98. The first kappa shape index (κ1) is 12.4. The normalized spacial score (nSPS) is 19.1. The number of carbonyl (C=O) groups excluding carboxylic acids is 2. The molecule has 96 valence electrons. The van der Waals surface area contributed by atoms with Crippen LogP contribution in [0.2, 0.25) is 0 Å². The second-order valence-corrected chi connectivity index (χ2v) is 4.39. The molecular weight excluding hydrogens is 232 g/mol. The zero-order valence-electron chi connectivity index (χ0n) is 9.98. The van der Waals surface area contributed by atoms with Crippen molar-refractivity contribution in [1.82, 2.24) is 10.6 Å². The summed E-state index contributed by atoms with van der Waals surface area (Å²) in [7, 11) is 0. The van der Waals surface area contributed by atoms with Crippen LogP contribution < -0.4 is 10.6 Å². The zero-order chi connectivity index (χ0) is 13.0. The van der Waals surface area contributed by atoms with Crippen molar-refractivity contribution in [2.45, 2.75) is 19.4 Å². The molecule has 1 fully saturated rings. The first-order chi connectivity index (χ1) is 8.66. The van der Waals surface area contributed by atoms with Crippen LogP contribution in [0.5, 0.6) is 5.75 Å². The number of benzene rings is 1. The predicted molar refractivity (Wildman–Crippen MR) is 65.7 cm³/mol. The number of nitrogens with one attached hydrogen (secondary N) is 2. The van der Waals surface area contributed by atoms with E-state index in [1.54, 1.807) is 18.2 Å². The molecule has 2 amide bonds. The standard InChI is InChI=1S/C13H16N2O3/c16-11-4-2-1-3-9(11)7-15-13(18)10-5-6-12(17)14-8-10/h1-4,10,16H,5-8H2,(H,14,17)(H,15,18).